The maximum atomic E-state index is 11.2. The molecule has 0 aliphatic carbocycles. The van der Waals surface area contributed by atoms with Crippen molar-refractivity contribution in [3.8, 4) is 0 Å². The van der Waals surface area contributed by atoms with Crippen molar-refractivity contribution < 1.29 is 9.59 Å². The van der Waals surface area contributed by atoms with Gasteiger partial charge in [0.05, 0.1) is 0 Å². The van der Waals surface area contributed by atoms with Gasteiger partial charge in [0.15, 0.2) is 11.6 Å². The summed E-state index contributed by atoms with van der Waals surface area (Å²) in [5.41, 5.74) is 0. The quantitative estimate of drug-likeness (QED) is 0.487. The molecule has 62 valence electrons. The smallest absolute Gasteiger partial charge is 0.181 e. The van der Waals surface area contributed by atoms with Gasteiger partial charge in [-0.3, -0.25) is 9.59 Å². The molecule has 4 heteroatoms. The van der Waals surface area contributed by atoms with E-state index in [4.69, 9.17) is 0 Å². The molecule has 2 aliphatic rings. The van der Waals surface area contributed by atoms with Gasteiger partial charge in [-0.1, -0.05) is 0 Å². The van der Waals surface area contributed by atoms with Crippen LogP contribution in [0.15, 0.2) is 24.6 Å². The van der Waals surface area contributed by atoms with Crippen LogP contribution in [-0.2, 0) is 9.59 Å². The first kappa shape index (κ1) is 7.09. The number of rotatable bonds is 0. The zero-order valence-corrected chi connectivity index (χ0v) is 6.28. The molecular weight excluding hydrogens is 156 g/mol. The maximum Gasteiger partial charge on any atom is 0.181 e. The molecule has 0 saturated heterocycles. The van der Waals surface area contributed by atoms with Crippen LogP contribution >= 0.6 is 0 Å². The number of ketones is 2. The number of hydrogen-bond donors (Lipinski definition) is 2. The van der Waals surface area contributed by atoms with E-state index >= 15 is 0 Å². The Balaban J connectivity index is 2.31. The van der Waals surface area contributed by atoms with Crippen molar-refractivity contribution in [1.29, 1.82) is 0 Å². The second-order valence-electron chi connectivity index (χ2n) is 2.76. The van der Waals surface area contributed by atoms with E-state index in [2.05, 4.69) is 10.6 Å². The molecule has 0 fully saturated rings. The minimum absolute atomic E-state index is 0.0588. The number of carbonyl (C=O) groups excluding carboxylic acids is 2. The molecule has 0 spiro atoms. The Hall–Kier alpha value is -1.58. The molecule has 2 aliphatic heterocycles. The van der Waals surface area contributed by atoms with Crippen LogP contribution in [0.2, 0.25) is 0 Å². The number of carbonyl (C=O) groups is 2. The highest BCUT2D eigenvalue weighted by Crippen LogP contribution is 2.08. The minimum Gasteiger partial charge on any atom is -0.379 e. The van der Waals surface area contributed by atoms with E-state index in [0.717, 1.165) is 0 Å². The lowest BCUT2D eigenvalue weighted by Crippen LogP contribution is -2.57. The van der Waals surface area contributed by atoms with Gasteiger partial charge in [-0.15, -0.1) is 0 Å². The van der Waals surface area contributed by atoms with Gasteiger partial charge in [-0.25, -0.2) is 0 Å². The Labute approximate surface area is 69.3 Å². The van der Waals surface area contributed by atoms with Gasteiger partial charge in [-0.2, -0.15) is 0 Å². The second kappa shape index (κ2) is 2.48. The summed E-state index contributed by atoms with van der Waals surface area (Å²) < 4.78 is 0. The first-order valence-electron chi connectivity index (χ1n) is 3.72. The first-order valence-corrected chi connectivity index (χ1v) is 3.72. The van der Waals surface area contributed by atoms with Crippen molar-refractivity contribution in [3.63, 3.8) is 0 Å². The largest absolute Gasteiger partial charge is 0.379 e. The highest BCUT2D eigenvalue weighted by atomic mass is 16.1. The fourth-order valence-electron chi connectivity index (χ4n) is 1.36. The average Bonchev–Trinajstić information content (AvgIpc) is 2.07. The van der Waals surface area contributed by atoms with E-state index < -0.39 is 12.1 Å². The molecule has 0 bridgehead atoms. The molecule has 2 N–H and O–H groups in total. The van der Waals surface area contributed by atoms with E-state index in [1.54, 1.807) is 0 Å². The summed E-state index contributed by atoms with van der Waals surface area (Å²) in [6.45, 7) is 0. The van der Waals surface area contributed by atoms with Crippen LogP contribution in [-0.4, -0.2) is 23.7 Å². The van der Waals surface area contributed by atoms with Crippen LogP contribution in [0.1, 0.15) is 0 Å². The standard InChI is InChI=1S/C8H8N2O2/c11-5-1-3-9-8-6(12)2-4-10-7(5)8/h1-4,7-10H/t7-,8+. The second-order valence-corrected chi connectivity index (χ2v) is 2.76. The molecule has 4 nitrogen and oxygen atoms in total. The van der Waals surface area contributed by atoms with Crippen molar-refractivity contribution in [2.45, 2.75) is 12.1 Å². The molecule has 0 aromatic heterocycles. The van der Waals surface area contributed by atoms with Gasteiger partial charge in [-0.05, 0) is 12.2 Å². The lowest BCUT2D eigenvalue weighted by Gasteiger charge is -2.29. The van der Waals surface area contributed by atoms with E-state index in [1.807, 2.05) is 0 Å². The van der Waals surface area contributed by atoms with Crippen LogP contribution in [0.3, 0.4) is 0 Å². The molecule has 2 atom stereocenters. The average molecular weight is 164 g/mol. The molecule has 0 radical (unpaired) electrons. The summed E-state index contributed by atoms with van der Waals surface area (Å²) in [5.74, 6) is -0.118. The SMILES string of the molecule is O=C1C=CN[C@H]2C(=O)C=CN[C@H]12. The predicted molar refractivity (Wildman–Crippen MR) is 42.1 cm³/mol. The third kappa shape index (κ3) is 0.922. The summed E-state index contributed by atoms with van der Waals surface area (Å²) in [4.78, 5) is 22.4. The van der Waals surface area contributed by atoms with Crippen LogP contribution in [0.4, 0.5) is 0 Å². The van der Waals surface area contributed by atoms with Gasteiger partial charge in [0, 0.05) is 12.4 Å². The number of hydrogen-bond acceptors (Lipinski definition) is 4. The lowest BCUT2D eigenvalue weighted by atomic mass is 9.95. The van der Waals surface area contributed by atoms with E-state index in [-0.39, 0.29) is 11.6 Å². The van der Waals surface area contributed by atoms with Crippen molar-refractivity contribution in [3.05, 3.63) is 24.6 Å². The Morgan fingerprint density at radius 1 is 0.917 bits per heavy atom. The summed E-state index contributed by atoms with van der Waals surface area (Å²) in [7, 11) is 0. The van der Waals surface area contributed by atoms with Crippen LogP contribution in [0, 0.1) is 0 Å². The molecule has 12 heavy (non-hydrogen) atoms. The zero-order chi connectivity index (χ0) is 8.55. The van der Waals surface area contributed by atoms with E-state index in [0.29, 0.717) is 0 Å². The monoisotopic (exact) mass is 164 g/mol. The molecule has 0 aromatic rings. The number of nitrogens with one attached hydrogen (secondary N) is 2. The van der Waals surface area contributed by atoms with E-state index in [9.17, 15) is 9.59 Å². The van der Waals surface area contributed by atoms with Crippen LogP contribution < -0.4 is 10.6 Å². The third-order valence-electron chi connectivity index (χ3n) is 1.99. The minimum atomic E-state index is -0.424. The maximum absolute atomic E-state index is 11.2. The summed E-state index contributed by atoms with van der Waals surface area (Å²) in [6.07, 6.45) is 5.89. The topological polar surface area (TPSA) is 58.2 Å². The third-order valence-corrected chi connectivity index (χ3v) is 1.99. The van der Waals surface area contributed by atoms with Crippen LogP contribution in [0.25, 0.3) is 0 Å². The predicted octanol–water partition coefficient (Wildman–Crippen LogP) is -0.904. The fraction of sp³-hybridized carbons (Fsp3) is 0.250. The summed E-state index contributed by atoms with van der Waals surface area (Å²) in [5, 5.41) is 5.67. The molecule has 2 rings (SSSR count). The molecule has 2 heterocycles. The van der Waals surface area contributed by atoms with Gasteiger partial charge in [0.1, 0.15) is 12.1 Å². The Bertz CT molecular complexity index is 263. The first-order chi connectivity index (χ1) is 5.79. The van der Waals surface area contributed by atoms with Gasteiger partial charge < -0.3 is 10.6 Å². The zero-order valence-electron chi connectivity index (χ0n) is 6.28. The number of fused-ring (bicyclic) bond motifs is 1. The molecule has 0 unspecified atom stereocenters. The highest BCUT2D eigenvalue weighted by molar-refractivity contribution is 6.05. The fourth-order valence-corrected chi connectivity index (χ4v) is 1.36. The Kier molecular flexibility index (Phi) is 1.46. The Morgan fingerprint density at radius 3 is 1.75 bits per heavy atom. The van der Waals surface area contributed by atoms with Gasteiger partial charge >= 0.3 is 0 Å². The summed E-state index contributed by atoms with van der Waals surface area (Å²) in [6, 6.07) is -0.847. The van der Waals surface area contributed by atoms with E-state index in [1.165, 1.54) is 24.6 Å². The van der Waals surface area contributed by atoms with Crippen molar-refractivity contribution in [2.75, 3.05) is 0 Å². The summed E-state index contributed by atoms with van der Waals surface area (Å²) >= 11 is 0. The molecule has 0 aromatic carbocycles. The lowest BCUT2D eigenvalue weighted by molar-refractivity contribution is -0.124. The molecule has 0 saturated carbocycles. The Morgan fingerprint density at radius 2 is 1.33 bits per heavy atom. The van der Waals surface area contributed by atoms with Crippen molar-refractivity contribution in [2.24, 2.45) is 0 Å². The normalized spacial score (nSPS) is 32.3. The van der Waals surface area contributed by atoms with Gasteiger partial charge in [0.2, 0.25) is 0 Å². The van der Waals surface area contributed by atoms with Crippen molar-refractivity contribution >= 4 is 11.6 Å². The molecule has 0 amide bonds. The molecular formula is C8H8N2O2. The van der Waals surface area contributed by atoms with Gasteiger partial charge in [0.25, 0.3) is 0 Å². The van der Waals surface area contributed by atoms with Crippen LogP contribution in [0.5, 0.6) is 0 Å². The van der Waals surface area contributed by atoms with Crippen molar-refractivity contribution in [1.82, 2.24) is 10.6 Å². The highest BCUT2D eigenvalue weighted by Gasteiger charge is 2.34.